The Morgan fingerprint density at radius 1 is 0.806 bits per heavy atom. The number of sulfone groups is 1. The van der Waals surface area contributed by atoms with Gasteiger partial charge in [0.15, 0.2) is 9.84 Å². The summed E-state index contributed by atoms with van der Waals surface area (Å²) in [6, 6.07) is 27.9. The second kappa shape index (κ2) is 9.99. The fourth-order valence-corrected chi connectivity index (χ4v) is 5.99. The number of nitrogens with zero attached hydrogens (tertiary/aromatic N) is 1. The molecule has 162 valence electrons. The van der Waals surface area contributed by atoms with E-state index < -0.39 is 9.84 Å². The Morgan fingerprint density at radius 3 is 1.84 bits per heavy atom. The summed E-state index contributed by atoms with van der Waals surface area (Å²) in [5.41, 5.74) is 2.72. The van der Waals surface area contributed by atoms with Gasteiger partial charge in [-0.15, -0.1) is 0 Å². The van der Waals surface area contributed by atoms with Gasteiger partial charge in [0.1, 0.15) is 0 Å². The molecule has 1 heterocycles. The zero-order valence-corrected chi connectivity index (χ0v) is 19.1. The van der Waals surface area contributed by atoms with Crippen LogP contribution in [0.25, 0.3) is 0 Å². The number of hydrogen-bond donors (Lipinski definition) is 0. The molecule has 0 bridgehead atoms. The maximum absolute atomic E-state index is 12.7. The molecule has 3 aromatic carbocycles. The number of halogens is 1. The van der Waals surface area contributed by atoms with E-state index in [1.165, 1.54) is 11.1 Å². The molecular weight excluding hydrogens is 426 g/mol. The summed E-state index contributed by atoms with van der Waals surface area (Å²) in [6.07, 6.45) is 2.13. The van der Waals surface area contributed by atoms with Gasteiger partial charge >= 0.3 is 0 Å². The zero-order valence-electron chi connectivity index (χ0n) is 17.5. The Hall–Kier alpha value is -2.14. The topological polar surface area (TPSA) is 37.4 Å². The average molecular weight is 454 g/mol. The summed E-state index contributed by atoms with van der Waals surface area (Å²) in [6.45, 7) is 2.42. The van der Waals surface area contributed by atoms with Crippen molar-refractivity contribution in [3.8, 4) is 0 Å². The highest BCUT2D eigenvalue weighted by atomic mass is 35.5. The first-order valence-electron chi connectivity index (χ1n) is 10.8. The Kier molecular flexibility index (Phi) is 7.11. The fourth-order valence-electron chi connectivity index (χ4n) is 4.58. The number of likely N-dealkylation sites (tertiary alicyclic amines) is 1. The smallest absolute Gasteiger partial charge is 0.179 e. The molecule has 0 aromatic heterocycles. The first kappa shape index (κ1) is 22.1. The van der Waals surface area contributed by atoms with Crippen molar-refractivity contribution in [2.24, 2.45) is 5.92 Å². The van der Waals surface area contributed by atoms with Crippen molar-refractivity contribution < 1.29 is 8.42 Å². The van der Waals surface area contributed by atoms with Crippen molar-refractivity contribution in [1.82, 2.24) is 4.90 Å². The second-order valence-electron chi connectivity index (χ2n) is 8.25. The molecule has 0 spiro atoms. The van der Waals surface area contributed by atoms with Crippen LogP contribution in [0.4, 0.5) is 0 Å². The standard InChI is InChI=1S/C26H28ClNO2S/c27-24-11-13-25(14-12-24)31(29,30)20-19-28-17-15-23(16-18-28)26(21-7-3-1-4-8-21)22-9-5-2-6-10-22/h1-14,23,26H,15-20H2. The molecule has 0 N–H and O–H groups in total. The van der Waals surface area contributed by atoms with E-state index in [-0.39, 0.29) is 5.75 Å². The van der Waals surface area contributed by atoms with Crippen molar-refractivity contribution in [3.63, 3.8) is 0 Å². The lowest BCUT2D eigenvalue weighted by molar-refractivity contribution is 0.183. The quantitative estimate of drug-likeness (QED) is 0.463. The van der Waals surface area contributed by atoms with Gasteiger partial charge in [-0.1, -0.05) is 72.3 Å². The molecule has 0 unspecified atom stereocenters. The number of piperidine rings is 1. The van der Waals surface area contributed by atoms with Gasteiger partial charge in [0, 0.05) is 17.5 Å². The van der Waals surface area contributed by atoms with Crippen LogP contribution in [0, 0.1) is 5.92 Å². The lowest BCUT2D eigenvalue weighted by atomic mass is 9.76. The van der Waals surface area contributed by atoms with Crippen LogP contribution >= 0.6 is 11.6 Å². The SMILES string of the molecule is O=S(=O)(CCN1CCC(C(c2ccccc2)c2ccccc2)CC1)c1ccc(Cl)cc1. The fraction of sp³-hybridized carbons (Fsp3) is 0.308. The minimum Gasteiger partial charge on any atom is -0.302 e. The van der Waals surface area contributed by atoms with Crippen molar-refractivity contribution in [1.29, 1.82) is 0 Å². The van der Waals surface area contributed by atoms with E-state index in [9.17, 15) is 8.42 Å². The molecule has 1 saturated heterocycles. The predicted molar refractivity (Wildman–Crippen MR) is 127 cm³/mol. The van der Waals surface area contributed by atoms with E-state index >= 15 is 0 Å². The Bertz CT molecular complexity index is 1020. The molecular formula is C26H28ClNO2S. The van der Waals surface area contributed by atoms with Crippen LogP contribution in [-0.4, -0.2) is 38.7 Å². The van der Waals surface area contributed by atoms with E-state index in [1.54, 1.807) is 24.3 Å². The van der Waals surface area contributed by atoms with Crippen molar-refractivity contribution in [2.45, 2.75) is 23.7 Å². The number of hydrogen-bond acceptors (Lipinski definition) is 3. The van der Waals surface area contributed by atoms with Gasteiger partial charge in [0.25, 0.3) is 0 Å². The van der Waals surface area contributed by atoms with Crippen molar-refractivity contribution >= 4 is 21.4 Å². The van der Waals surface area contributed by atoms with E-state index in [4.69, 9.17) is 11.6 Å². The highest BCUT2D eigenvalue weighted by Crippen LogP contribution is 2.37. The summed E-state index contributed by atoms with van der Waals surface area (Å²) in [4.78, 5) is 2.64. The Balaban J connectivity index is 1.39. The van der Waals surface area contributed by atoms with Gasteiger partial charge in [-0.25, -0.2) is 8.42 Å². The van der Waals surface area contributed by atoms with E-state index in [2.05, 4.69) is 65.6 Å². The molecule has 1 aliphatic heterocycles. The molecule has 1 fully saturated rings. The zero-order chi connectivity index (χ0) is 21.7. The van der Waals surface area contributed by atoms with E-state index in [0.717, 1.165) is 25.9 Å². The molecule has 0 saturated carbocycles. The Morgan fingerprint density at radius 2 is 1.32 bits per heavy atom. The summed E-state index contributed by atoms with van der Waals surface area (Å²) < 4.78 is 25.3. The van der Waals surface area contributed by atoms with Crippen LogP contribution in [0.1, 0.15) is 29.9 Å². The van der Waals surface area contributed by atoms with Gasteiger partial charge < -0.3 is 4.90 Å². The maximum atomic E-state index is 12.7. The van der Waals surface area contributed by atoms with E-state index in [1.807, 2.05) is 0 Å². The lowest BCUT2D eigenvalue weighted by Crippen LogP contribution is -2.38. The van der Waals surface area contributed by atoms with Gasteiger partial charge in [0.05, 0.1) is 10.6 Å². The molecule has 3 nitrogen and oxygen atoms in total. The van der Waals surface area contributed by atoms with Crippen LogP contribution in [0.2, 0.25) is 5.02 Å². The van der Waals surface area contributed by atoms with Crippen LogP contribution in [0.3, 0.4) is 0 Å². The summed E-state index contributed by atoms with van der Waals surface area (Å²) in [7, 11) is -3.29. The predicted octanol–water partition coefficient (Wildman–Crippen LogP) is 5.66. The minimum atomic E-state index is -3.29. The van der Waals surface area contributed by atoms with Gasteiger partial charge in [-0.05, 0) is 67.2 Å². The van der Waals surface area contributed by atoms with Crippen LogP contribution < -0.4 is 0 Å². The largest absolute Gasteiger partial charge is 0.302 e. The molecule has 31 heavy (non-hydrogen) atoms. The summed E-state index contributed by atoms with van der Waals surface area (Å²) in [5, 5.41) is 0.549. The summed E-state index contributed by atoms with van der Waals surface area (Å²) >= 11 is 5.89. The third-order valence-electron chi connectivity index (χ3n) is 6.27. The molecule has 0 amide bonds. The molecule has 0 atom stereocenters. The number of rotatable bonds is 7. The molecule has 3 aromatic rings. The van der Waals surface area contributed by atoms with Crippen LogP contribution in [-0.2, 0) is 9.84 Å². The third kappa shape index (κ3) is 5.57. The lowest BCUT2D eigenvalue weighted by Gasteiger charge is -2.36. The van der Waals surface area contributed by atoms with Gasteiger partial charge in [0.2, 0.25) is 0 Å². The number of benzene rings is 3. The first-order chi connectivity index (χ1) is 15.0. The molecule has 1 aliphatic rings. The van der Waals surface area contributed by atoms with Gasteiger partial charge in [-0.2, -0.15) is 0 Å². The summed E-state index contributed by atoms with van der Waals surface area (Å²) in [5.74, 6) is 1.07. The van der Waals surface area contributed by atoms with Crippen LogP contribution in [0.5, 0.6) is 0 Å². The van der Waals surface area contributed by atoms with Crippen molar-refractivity contribution in [3.05, 3.63) is 101 Å². The third-order valence-corrected chi connectivity index (χ3v) is 8.23. The first-order valence-corrected chi connectivity index (χ1v) is 12.9. The van der Waals surface area contributed by atoms with E-state index in [0.29, 0.717) is 28.3 Å². The van der Waals surface area contributed by atoms with Crippen molar-refractivity contribution in [2.75, 3.05) is 25.4 Å². The second-order valence-corrected chi connectivity index (χ2v) is 10.8. The van der Waals surface area contributed by atoms with Gasteiger partial charge in [-0.3, -0.25) is 0 Å². The molecule has 0 radical (unpaired) electrons. The highest BCUT2D eigenvalue weighted by molar-refractivity contribution is 7.91. The normalized spacial score (nSPS) is 15.9. The molecule has 4 rings (SSSR count). The average Bonchev–Trinajstić information content (AvgIpc) is 2.81. The monoisotopic (exact) mass is 453 g/mol. The molecule has 0 aliphatic carbocycles. The minimum absolute atomic E-state index is 0.139. The molecule has 5 heteroatoms. The highest BCUT2D eigenvalue weighted by Gasteiger charge is 2.29. The maximum Gasteiger partial charge on any atom is 0.179 e. The Labute approximate surface area is 190 Å². The van der Waals surface area contributed by atoms with Crippen LogP contribution in [0.15, 0.2) is 89.8 Å².